The first-order valence-electron chi connectivity index (χ1n) is 7.38. The number of nitrogens with zero attached hydrogens (tertiary/aromatic N) is 2. The second-order valence-electron chi connectivity index (χ2n) is 5.48. The molecule has 2 aromatic rings. The Kier molecular flexibility index (Phi) is 5.76. The minimum absolute atomic E-state index is 0.351. The van der Waals surface area contributed by atoms with Gasteiger partial charge in [-0.1, -0.05) is 55.7 Å². The van der Waals surface area contributed by atoms with Crippen molar-refractivity contribution in [3.8, 4) is 0 Å². The molecule has 0 spiro atoms. The predicted octanol–water partition coefficient (Wildman–Crippen LogP) is 3.49. The van der Waals surface area contributed by atoms with Crippen molar-refractivity contribution in [3.05, 3.63) is 46.6 Å². The van der Waals surface area contributed by atoms with Gasteiger partial charge in [0, 0.05) is 23.9 Å². The zero-order chi connectivity index (χ0) is 15.2. The van der Waals surface area contributed by atoms with Crippen molar-refractivity contribution >= 4 is 11.6 Å². The van der Waals surface area contributed by atoms with Crippen molar-refractivity contribution in [2.45, 2.75) is 39.7 Å². The molecule has 0 bridgehead atoms. The summed E-state index contributed by atoms with van der Waals surface area (Å²) in [7, 11) is 0. The molecule has 2 rings (SSSR count). The summed E-state index contributed by atoms with van der Waals surface area (Å²) in [6.07, 6.45) is 1.34. The Hall–Kier alpha value is -1.39. The second kappa shape index (κ2) is 7.57. The summed E-state index contributed by atoms with van der Waals surface area (Å²) < 4.78 is 5.36. The smallest absolute Gasteiger partial charge is 0.228 e. The Balaban J connectivity index is 2.03. The predicted molar refractivity (Wildman–Crippen MR) is 84.6 cm³/mol. The highest BCUT2D eigenvalue weighted by Crippen LogP contribution is 2.18. The quantitative estimate of drug-likeness (QED) is 0.850. The molecule has 0 aliphatic heterocycles. The van der Waals surface area contributed by atoms with Gasteiger partial charge in [0.2, 0.25) is 5.89 Å². The van der Waals surface area contributed by atoms with E-state index in [1.165, 1.54) is 0 Å². The molecule has 0 radical (unpaired) electrons. The number of aromatic nitrogens is 2. The Morgan fingerprint density at radius 3 is 2.71 bits per heavy atom. The van der Waals surface area contributed by atoms with E-state index in [2.05, 4.69) is 36.2 Å². The molecule has 1 N–H and O–H groups in total. The maximum Gasteiger partial charge on any atom is 0.228 e. The average molecular weight is 308 g/mol. The number of hydrogen-bond acceptors (Lipinski definition) is 4. The largest absolute Gasteiger partial charge is 0.339 e. The van der Waals surface area contributed by atoms with Gasteiger partial charge in [0.25, 0.3) is 0 Å². The molecule has 21 heavy (non-hydrogen) atoms. The minimum Gasteiger partial charge on any atom is -0.339 e. The van der Waals surface area contributed by atoms with Crippen LogP contribution in [0.1, 0.15) is 38.0 Å². The Labute approximate surface area is 130 Å². The molecule has 114 valence electrons. The number of halogens is 1. The van der Waals surface area contributed by atoms with E-state index in [4.69, 9.17) is 16.1 Å². The van der Waals surface area contributed by atoms with Gasteiger partial charge in [-0.2, -0.15) is 4.98 Å². The topological polar surface area (TPSA) is 51.0 Å². The van der Waals surface area contributed by atoms with E-state index < -0.39 is 0 Å². The molecular weight excluding hydrogens is 286 g/mol. The molecule has 0 amide bonds. The molecule has 5 heteroatoms. The van der Waals surface area contributed by atoms with Gasteiger partial charge in [0.1, 0.15) is 0 Å². The van der Waals surface area contributed by atoms with Gasteiger partial charge in [-0.05, 0) is 24.1 Å². The van der Waals surface area contributed by atoms with E-state index in [9.17, 15) is 0 Å². The van der Waals surface area contributed by atoms with Gasteiger partial charge >= 0.3 is 0 Å². The van der Waals surface area contributed by atoms with E-state index in [0.29, 0.717) is 30.1 Å². The van der Waals surface area contributed by atoms with E-state index in [-0.39, 0.29) is 0 Å². The molecule has 1 unspecified atom stereocenters. The molecule has 1 aromatic heterocycles. The number of hydrogen-bond donors (Lipinski definition) is 1. The molecule has 0 saturated heterocycles. The number of rotatable bonds is 7. The third-order valence-electron chi connectivity index (χ3n) is 3.48. The highest BCUT2D eigenvalue weighted by atomic mass is 35.5. The van der Waals surface area contributed by atoms with Gasteiger partial charge in [-0.3, -0.25) is 0 Å². The average Bonchev–Trinajstić information content (AvgIpc) is 2.88. The van der Waals surface area contributed by atoms with Gasteiger partial charge in [0.15, 0.2) is 5.82 Å². The lowest BCUT2D eigenvalue weighted by Gasteiger charge is -2.19. The van der Waals surface area contributed by atoms with Crippen LogP contribution in [-0.4, -0.2) is 22.7 Å². The number of likely N-dealkylation sites (N-methyl/N-ethyl adjacent to an activating group) is 1. The molecule has 1 aromatic carbocycles. The van der Waals surface area contributed by atoms with E-state index in [1.807, 2.05) is 24.3 Å². The highest BCUT2D eigenvalue weighted by molar-refractivity contribution is 6.31. The molecule has 4 nitrogen and oxygen atoms in total. The second-order valence-corrected chi connectivity index (χ2v) is 5.89. The van der Waals surface area contributed by atoms with Gasteiger partial charge in [0.05, 0.1) is 0 Å². The van der Waals surface area contributed by atoms with Crippen molar-refractivity contribution in [2.75, 3.05) is 6.54 Å². The summed E-state index contributed by atoms with van der Waals surface area (Å²) in [4.78, 5) is 4.47. The van der Waals surface area contributed by atoms with Crippen molar-refractivity contribution in [1.29, 1.82) is 0 Å². The SMILES string of the molecule is CCNC(Cc1nc(Cc2ccccc2Cl)no1)C(C)C. The zero-order valence-corrected chi connectivity index (χ0v) is 13.5. The highest BCUT2D eigenvalue weighted by Gasteiger charge is 2.17. The maximum atomic E-state index is 6.15. The van der Waals surface area contributed by atoms with Crippen LogP contribution in [0.5, 0.6) is 0 Å². The first kappa shape index (κ1) is 16.0. The summed E-state index contributed by atoms with van der Waals surface area (Å²) in [6, 6.07) is 8.08. The van der Waals surface area contributed by atoms with Crippen LogP contribution in [0.2, 0.25) is 5.02 Å². The first-order chi connectivity index (χ1) is 10.1. The fourth-order valence-electron chi connectivity index (χ4n) is 2.25. The number of nitrogens with one attached hydrogen (secondary N) is 1. The zero-order valence-electron chi connectivity index (χ0n) is 12.8. The van der Waals surface area contributed by atoms with Crippen molar-refractivity contribution in [1.82, 2.24) is 15.5 Å². The van der Waals surface area contributed by atoms with Crippen LogP contribution >= 0.6 is 11.6 Å². The maximum absolute atomic E-state index is 6.15. The minimum atomic E-state index is 0.351. The standard InChI is InChI=1S/C16H22ClN3O/c1-4-18-14(11(2)3)10-16-19-15(20-21-16)9-12-7-5-6-8-13(12)17/h5-8,11,14,18H,4,9-10H2,1-3H3. The van der Waals surface area contributed by atoms with Crippen LogP contribution in [0, 0.1) is 5.92 Å². The van der Waals surface area contributed by atoms with E-state index in [1.54, 1.807) is 0 Å². The van der Waals surface area contributed by atoms with Gasteiger partial charge in [-0.15, -0.1) is 0 Å². The normalized spacial score (nSPS) is 12.8. The lowest BCUT2D eigenvalue weighted by atomic mass is 10.0. The molecule has 0 aliphatic rings. The van der Waals surface area contributed by atoms with Gasteiger partial charge < -0.3 is 9.84 Å². The van der Waals surface area contributed by atoms with Crippen LogP contribution in [0.25, 0.3) is 0 Å². The number of benzene rings is 1. The Morgan fingerprint density at radius 1 is 1.29 bits per heavy atom. The fraction of sp³-hybridized carbons (Fsp3) is 0.500. The lowest BCUT2D eigenvalue weighted by Crippen LogP contribution is -2.35. The summed E-state index contributed by atoms with van der Waals surface area (Å²) in [5, 5.41) is 8.24. The van der Waals surface area contributed by atoms with Crippen LogP contribution in [-0.2, 0) is 12.8 Å². The molecular formula is C16H22ClN3O. The Morgan fingerprint density at radius 2 is 2.05 bits per heavy atom. The van der Waals surface area contributed by atoms with E-state index in [0.717, 1.165) is 23.6 Å². The van der Waals surface area contributed by atoms with Crippen LogP contribution in [0.15, 0.2) is 28.8 Å². The molecule has 1 heterocycles. The van der Waals surface area contributed by atoms with Crippen LogP contribution < -0.4 is 5.32 Å². The summed E-state index contributed by atoms with van der Waals surface area (Å²) in [5.74, 6) is 1.87. The van der Waals surface area contributed by atoms with Crippen molar-refractivity contribution in [3.63, 3.8) is 0 Å². The Bertz CT molecular complexity index is 568. The van der Waals surface area contributed by atoms with Crippen molar-refractivity contribution in [2.24, 2.45) is 5.92 Å². The molecule has 0 saturated carbocycles. The third-order valence-corrected chi connectivity index (χ3v) is 3.85. The lowest BCUT2D eigenvalue weighted by molar-refractivity contribution is 0.327. The van der Waals surface area contributed by atoms with Gasteiger partial charge in [-0.25, -0.2) is 0 Å². The summed E-state index contributed by atoms with van der Waals surface area (Å²) in [6.45, 7) is 7.41. The first-order valence-corrected chi connectivity index (χ1v) is 7.76. The van der Waals surface area contributed by atoms with Crippen LogP contribution in [0.4, 0.5) is 0 Å². The fourth-order valence-corrected chi connectivity index (χ4v) is 2.45. The monoisotopic (exact) mass is 307 g/mol. The van der Waals surface area contributed by atoms with E-state index >= 15 is 0 Å². The van der Waals surface area contributed by atoms with Crippen molar-refractivity contribution < 1.29 is 4.52 Å². The molecule has 1 atom stereocenters. The molecule has 0 aliphatic carbocycles. The molecule has 0 fully saturated rings. The van der Waals surface area contributed by atoms with Crippen LogP contribution in [0.3, 0.4) is 0 Å². The summed E-state index contributed by atoms with van der Waals surface area (Å²) >= 11 is 6.15. The summed E-state index contributed by atoms with van der Waals surface area (Å²) in [5.41, 5.74) is 1.01. The third kappa shape index (κ3) is 4.55.